The Morgan fingerprint density at radius 2 is 2.00 bits per heavy atom. The van der Waals surface area contributed by atoms with Gasteiger partial charge in [-0.1, -0.05) is 0 Å². The monoisotopic (exact) mass is 317 g/mol. The molecule has 0 amide bonds. The number of nitrogens with one attached hydrogen (secondary N) is 4. The Balaban J connectivity index is 1.37. The van der Waals surface area contributed by atoms with Crippen molar-refractivity contribution in [2.24, 2.45) is 5.92 Å². The number of thioether (sulfide) groups is 1. The number of hydrogen-bond donors (Lipinski definition) is 4. The van der Waals surface area contributed by atoms with Gasteiger partial charge in [0.15, 0.2) is 0 Å². The molecule has 3 saturated heterocycles. The van der Waals surface area contributed by atoms with E-state index >= 15 is 0 Å². The third-order valence-corrected chi connectivity index (χ3v) is 6.31. The third-order valence-electron chi connectivity index (χ3n) is 4.98. The van der Waals surface area contributed by atoms with Crippen molar-refractivity contribution in [3.05, 3.63) is 0 Å². The van der Waals surface area contributed by atoms with Gasteiger partial charge in [0.1, 0.15) is 11.7 Å². The van der Waals surface area contributed by atoms with Crippen molar-refractivity contribution in [3.63, 3.8) is 0 Å². The van der Waals surface area contributed by atoms with Crippen molar-refractivity contribution < 1.29 is 9.23 Å². The summed E-state index contributed by atoms with van der Waals surface area (Å²) in [6.45, 7) is 2.09. The van der Waals surface area contributed by atoms with Crippen LogP contribution in [0.15, 0.2) is 0 Å². The van der Waals surface area contributed by atoms with Gasteiger partial charge in [-0.3, -0.25) is 4.84 Å². The van der Waals surface area contributed by atoms with E-state index in [1.54, 1.807) is 0 Å². The highest BCUT2D eigenvalue weighted by Gasteiger charge is 2.48. The molecule has 0 spiro atoms. The fourth-order valence-corrected chi connectivity index (χ4v) is 5.05. The predicted molar refractivity (Wildman–Crippen MR) is 79.1 cm³/mol. The number of alkyl halides is 1. The van der Waals surface area contributed by atoms with Crippen molar-refractivity contribution in [1.29, 1.82) is 0 Å². The predicted octanol–water partition coefficient (Wildman–Crippen LogP) is 0.794. The Bertz CT molecular complexity index is 384. The summed E-state index contributed by atoms with van der Waals surface area (Å²) in [7, 11) is 0. The number of fused-ring (bicyclic) bond motifs is 1. The fourth-order valence-electron chi connectivity index (χ4n) is 3.77. The standard InChI is InChI=1S/C13H24FN5OS/c1-7-6-10(18-20-7)12-17-19-11(15-16-13(19)21-12)8-2-4-9(14)5-3-8/h7-13,15-18H,2-6H2,1H3. The topological polar surface area (TPSA) is 60.6 Å². The lowest BCUT2D eigenvalue weighted by molar-refractivity contribution is 0.0298. The van der Waals surface area contributed by atoms with E-state index in [0.29, 0.717) is 30.2 Å². The zero-order valence-corrected chi connectivity index (χ0v) is 13.0. The first-order valence-corrected chi connectivity index (χ1v) is 8.91. The SMILES string of the molecule is CC1CC(C2NN3C(NNC3C3CCC(F)CC3)S2)NO1. The second-order valence-electron chi connectivity index (χ2n) is 6.58. The minimum Gasteiger partial charge on any atom is -0.298 e. The molecular weight excluding hydrogens is 293 g/mol. The average Bonchev–Trinajstić information content (AvgIpc) is 3.14. The van der Waals surface area contributed by atoms with E-state index in [9.17, 15) is 4.39 Å². The van der Waals surface area contributed by atoms with Crippen molar-refractivity contribution in [3.8, 4) is 0 Å². The van der Waals surface area contributed by atoms with Gasteiger partial charge in [0.05, 0.1) is 23.7 Å². The van der Waals surface area contributed by atoms with E-state index in [2.05, 4.69) is 33.7 Å². The van der Waals surface area contributed by atoms with Crippen LogP contribution in [0.3, 0.4) is 0 Å². The molecule has 5 atom stereocenters. The van der Waals surface area contributed by atoms with Gasteiger partial charge in [0, 0.05) is 0 Å². The molecule has 4 rings (SSSR count). The van der Waals surface area contributed by atoms with Gasteiger partial charge < -0.3 is 0 Å². The molecule has 0 aromatic rings. The summed E-state index contributed by atoms with van der Waals surface area (Å²) in [4.78, 5) is 5.46. The second-order valence-corrected chi connectivity index (χ2v) is 7.81. The summed E-state index contributed by atoms with van der Waals surface area (Å²) in [5.41, 5.74) is 13.7. The number of hydrazine groups is 2. The molecule has 4 aliphatic rings. The highest BCUT2D eigenvalue weighted by Crippen LogP contribution is 2.37. The Morgan fingerprint density at radius 3 is 2.71 bits per heavy atom. The van der Waals surface area contributed by atoms with Crippen LogP contribution in [0.1, 0.15) is 39.0 Å². The molecule has 5 unspecified atom stereocenters. The molecule has 120 valence electrons. The second kappa shape index (κ2) is 5.92. The fraction of sp³-hybridized carbons (Fsp3) is 1.00. The lowest BCUT2D eigenvalue weighted by Gasteiger charge is -2.33. The van der Waals surface area contributed by atoms with E-state index < -0.39 is 6.17 Å². The number of rotatable bonds is 2. The van der Waals surface area contributed by atoms with Gasteiger partial charge in [0.2, 0.25) is 0 Å². The summed E-state index contributed by atoms with van der Waals surface area (Å²) in [6, 6.07) is 0.333. The molecule has 4 N–H and O–H groups in total. The maximum Gasteiger partial charge on any atom is 0.136 e. The van der Waals surface area contributed by atoms with Crippen LogP contribution in [0.2, 0.25) is 0 Å². The van der Waals surface area contributed by atoms with E-state index in [0.717, 1.165) is 19.3 Å². The largest absolute Gasteiger partial charge is 0.298 e. The van der Waals surface area contributed by atoms with Crippen LogP contribution >= 0.6 is 11.8 Å². The van der Waals surface area contributed by atoms with Crippen molar-refractivity contribution >= 4 is 11.8 Å². The molecule has 1 aliphatic carbocycles. The summed E-state index contributed by atoms with van der Waals surface area (Å²) >= 11 is 1.87. The molecular formula is C13H24FN5OS. The smallest absolute Gasteiger partial charge is 0.136 e. The van der Waals surface area contributed by atoms with E-state index in [1.807, 2.05) is 11.8 Å². The zero-order chi connectivity index (χ0) is 14.4. The van der Waals surface area contributed by atoms with Gasteiger partial charge >= 0.3 is 0 Å². The molecule has 0 radical (unpaired) electrons. The average molecular weight is 317 g/mol. The summed E-state index contributed by atoms with van der Waals surface area (Å²) in [6.07, 6.45) is 4.28. The lowest BCUT2D eigenvalue weighted by atomic mass is 9.86. The molecule has 0 aromatic carbocycles. The van der Waals surface area contributed by atoms with Gasteiger partial charge in [-0.05, 0) is 44.9 Å². The van der Waals surface area contributed by atoms with Crippen LogP contribution in [-0.2, 0) is 4.84 Å². The summed E-state index contributed by atoms with van der Waals surface area (Å²) in [5.74, 6) is 0.507. The molecule has 0 aromatic heterocycles. The van der Waals surface area contributed by atoms with E-state index in [4.69, 9.17) is 4.84 Å². The van der Waals surface area contributed by atoms with Crippen LogP contribution in [0.25, 0.3) is 0 Å². The minimum atomic E-state index is -0.596. The summed E-state index contributed by atoms with van der Waals surface area (Å²) < 4.78 is 13.3. The zero-order valence-electron chi connectivity index (χ0n) is 12.2. The number of hydroxylamine groups is 1. The van der Waals surface area contributed by atoms with Crippen LogP contribution in [0.4, 0.5) is 4.39 Å². The first-order valence-electron chi connectivity index (χ1n) is 7.97. The maximum atomic E-state index is 13.3. The quantitative estimate of drug-likeness (QED) is 0.601. The molecule has 3 aliphatic heterocycles. The molecule has 6 nitrogen and oxygen atoms in total. The van der Waals surface area contributed by atoms with Gasteiger partial charge in [-0.15, -0.1) is 11.8 Å². The van der Waals surface area contributed by atoms with E-state index in [-0.39, 0.29) is 17.8 Å². The highest BCUT2D eigenvalue weighted by molar-refractivity contribution is 8.00. The molecule has 3 heterocycles. The third kappa shape index (κ3) is 2.83. The number of nitrogens with zero attached hydrogens (tertiary/aromatic N) is 1. The van der Waals surface area contributed by atoms with Crippen molar-refractivity contribution in [2.75, 3.05) is 0 Å². The van der Waals surface area contributed by atoms with Gasteiger partial charge in [-0.2, -0.15) is 10.5 Å². The van der Waals surface area contributed by atoms with Gasteiger partial charge in [-0.25, -0.2) is 20.7 Å². The number of halogens is 1. The van der Waals surface area contributed by atoms with Crippen LogP contribution in [0.5, 0.6) is 0 Å². The Labute approximate surface area is 128 Å². The molecule has 8 heteroatoms. The van der Waals surface area contributed by atoms with Crippen molar-refractivity contribution in [2.45, 2.75) is 74.4 Å². The van der Waals surface area contributed by atoms with Gasteiger partial charge in [0.25, 0.3) is 0 Å². The normalized spacial score (nSPS) is 51.4. The maximum absolute atomic E-state index is 13.3. The van der Waals surface area contributed by atoms with E-state index in [1.165, 1.54) is 0 Å². The molecule has 4 fully saturated rings. The molecule has 21 heavy (non-hydrogen) atoms. The Kier molecular flexibility index (Phi) is 4.12. The Morgan fingerprint density at radius 1 is 1.19 bits per heavy atom. The first kappa shape index (κ1) is 14.6. The lowest BCUT2D eigenvalue weighted by Crippen LogP contribution is -2.53. The van der Waals surface area contributed by atoms with Crippen LogP contribution in [0, 0.1) is 5.92 Å². The Hall–Kier alpha value is 0.0400. The van der Waals surface area contributed by atoms with Crippen LogP contribution < -0.4 is 21.8 Å². The first-order chi connectivity index (χ1) is 10.2. The number of hydrogen-bond acceptors (Lipinski definition) is 7. The van der Waals surface area contributed by atoms with Crippen molar-refractivity contribution in [1.82, 2.24) is 26.8 Å². The summed E-state index contributed by atoms with van der Waals surface area (Å²) in [5, 5.41) is 2.60. The minimum absolute atomic E-state index is 0.237. The molecule has 0 bridgehead atoms. The van der Waals surface area contributed by atoms with Crippen LogP contribution in [-0.4, -0.2) is 40.4 Å². The molecule has 1 saturated carbocycles. The highest BCUT2D eigenvalue weighted by atomic mass is 32.2.